The van der Waals surface area contributed by atoms with E-state index in [9.17, 15) is 13.2 Å². The summed E-state index contributed by atoms with van der Waals surface area (Å²) in [5.41, 5.74) is 3.48. The highest BCUT2D eigenvalue weighted by Gasteiger charge is 2.22. The first kappa shape index (κ1) is 26.1. The van der Waals surface area contributed by atoms with Crippen LogP contribution in [-0.4, -0.2) is 27.7 Å². The average molecular weight is 497 g/mol. The van der Waals surface area contributed by atoms with Crippen LogP contribution in [0.5, 0.6) is 11.5 Å². The molecule has 0 spiro atoms. The Labute approximate surface area is 207 Å². The average Bonchev–Trinajstić information content (AvgIpc) is 2.77. The third-order valence-corrected chi connectivity index (χ3v) is 5.98. The Kier molecular flexibility index (Phi) is 7.75. The predicted octanol–water partition coefficient (Wildman–Crippen LogP) is 5.50. The molecule has 0 aliphatic carbocycles. The molecule has 0 radical (unpaired) electrons. The van der Waals surface area contributed by atoms with Crippen molar-refractivity contribution in [2.45, 2.75) is 39.7 Å². The lowest BCUT2D eigenvalue weighted by atomic mass is 9.86. The van der Waals surface area contributed by atoms with Gasteiger partial charge >= 0.3 is 0 Å². The fraction of sp³-hybridized carbons (Fsp3) is 0.296. The van der Waals surface area contributed by atoms with Crippen molar-refractivity contribution in [3.8, 4) is 11.5 Å². The molecule has 35 heavy (non-hydrogen) atoms. The molecule has 0 bridgehead atoms. The van der Waals surface area contributed by atoms with Crippen LogP contribution in [0.2, 0.25) is 0 Å². The number of aryl methyl sites for hydroxylation is 1. The summed E-state index contributed by atoms with van der Waals surface area (Å²) in [5.74, 6) is 0.463. The van der Waals surface area contributed by atoms with Crippen molar-refractivity contribution in [2.24, 2.45) is 0 Å². The molecular formula is C27H32N2O5S. The molecule has 3 aromatic carbocycles. The van der Waals surface area contributed by atoms with Crippen LogP contribution in [0, 0.1) is 6.92 Å². The lowest BCUT2D eigenvalue weighted by molar-refractivity contribution is 0.102. The Morgan fingerprint density at radius 2 is 1.63 bits per heavy atom. The maximum Gasteiger partial charge on any atom is 0.255 e. The number of anilines is 2. The van der Waals surface area contributed by atoms with Crippen LogP contribution in [0.25, 0.3) is 0 Å². The lowest BCUT2D eigenvalue weighted by Gasteiger charge is -2.24. The minimum Gasteiger partial charge on any atom is -0.492 e. The van der Waals surface area contributed by atoms with E-state index in [2.05, 4.69) is 10.0 Å². The molecule has 0 unspecified atom stereocenters. The van der Waals surface area contributed by atoms with Crippen LogP contribution in [-0.2, 0) is 22.0 Å². The van der Waals surface area contributed by atoms with E-state index >= 15 is 0 Å². The summed E-state index contributed by atoms with van der Waals surface area (Å²) < 4.78 is 37.8. The molecule has 0 aliphatic rings. The largest absolute Gasteiger partial charge is 0.492 e. The number of nitrogens with one attached hydrogen (secondary N) is 2. The number of amides is 1. The molecule has 1 amide bonds. The van der Waals surface area contributed by atoms with Crippen LogP contribution in [0.3, 0.4) is 0 Å². The number of rotatable bonds is 8. The Morgan fingerprint density at radius 1 is 0.971 bits per heavy atom. The molecule has 2 N–H and O–H groups in total. The predicted molar refractivity (Wildman–Crippen MR) is 140 cm³/mol. The number of sulfonamides is 1. The van der Waals surface area contributed by atoms with Crippen LogP contribution in [0.4, 0.5) is 11.4 Å². The van der Waals surface area contributed by atoms with E-state index < -0.39 is 10.0 Å². The Morgan fingerprint density at radius 3 is 2.23 bits per heavy atom. The van der Waals surface area contributed by atoms with Gasteiger partial charge in [-0.05, 0) is 53.3 Å². The summed E-state index contributed by atoms with van der Waals surface area (Å²) in [6.07, 6.45) is 1.07. The highest BCUT2D eigenvalue weighted by Crippen LogP contribution is 2.39. The van der Waals surface area contributed by atoms with Gasteiger partial charge in [0.05, 0.1) is 24.7 Å². The summed E-state index contributed by atoms with van der Waals surface area (Å²) >= 11 is 0. The van der Waals surface area contributed by atoms with Gasteiger partial charge < -0.3 is 14.8 Å². The van der Waals surface area contributed by atoms with Crippen LogP contribution in [0.1, 0.15) is 47.8 Å². The van der Waals surface area contributed by atoms with Gasteiger partial charge in [0.1, 0.15) is 12.4 Å². The molecule has 3 rings (SSSR count). The van der Waals surface area contributed by atoms with Crippen molar-refractivity contribution in [3.05, 3.63) is 82.9 Å². The fourth-order valence-corrected chi connectivity index (χ4v) is 4.03. The van der Waals surface area contributed by atoms with E-state index in [1.807, 2.05) is 64.1 Å². The van der Waals surface area contributed by atoms with Crippen molar-refractivity contribution in [3.63, 3.8) is 0 Å². The SMILES string of the molecule is COc1c(NC(=O)c2ccc(C)c(OCc3ccccc3)c2)cc(C(C)(C)C)cc1NS(C)(=O)=O. The van der Waals surface area contributed by atoms with E-state index in [1.165, 1.54) is 7.11 Å². The summed E-state index contributed by atoms with van der Waals surface area (Å²) in [6, 6.07) is 18.5. The van der Waals surface area contributed by atoms with Gasteiger partial charge in [0.25, 0.3) is 5.91 Å². The van der Waals surface area contributed by atoms with E-state index in [0.717, 1.165) is 22.9 Å². The zero-order valence-electron chi connectivity index (χ0n) is 20.9. The van der Waals surface area contributed by atoms with E-state index in [0.29, 0.717) is 23.6 Å². The number of hydrogen-bond donors (Lipinski definition) is 2. The summed E-state index contributed by atoms with van der Waals surface area (Å²) in [4.78, 5) is 13.2. The van der Waals surface area contributed by atoms with Gasteiger partial charge in [-0.25, -0.2) is 8.42 Å². The minimum atomic E-state index is -3.57. The molecule has 0 aromatic heterocycles. The second-order valence-corrected chi connectivity index (χ2v) is 11.2. The van der Waals surface area contributed by atoms with Gasteiger partial charge in [-0.2, -0.15) is 0 Å². The number of hydrogen-bond acceptors (Lipinski definition) is 5. The van der Waals surface area contributed by atoms with Gasteiger partial charge in [-0.15, -0.1) is 0 Å². The van der Waals surface area contributed by atoms with Crippen LogP contribution < -0.4 is 19.5 Å². The monoisotopic (exact) mass is 496 g/mol. The molecule has 8 heteroatoms. The quantitative estimate of drug-likeness (QED) is 0.429. The van der Waals surface area contributed by atoms with Crippen molar-refractivity contribution >= 4 is 27.3 Å². The van der Waals surface area contributed by atoms with Crippen molar-refractivity contribution in [1.82, 2.24) is 0 Å². The molecule has 7 nitrogen and oxygen atoms in total. The maximum absolute atomic E-state index is 13.2. The first-order chi connectivity index (χ1) is 16.4. The first-order valence-corrected chi connectivity index (χ1v) is 13.1. The van der Waals surface area contributed by atoms with E-state index in [-0.39, 0.29) is 22.8 Å². The van der Waals surface area contributed by atoms with Gasteiger partial charge in [0.15, 0.2) is 5.75 Å². The summed E-state index contributed by atoms with van der Waals surface area (Å²) in [5, 5.41) is 2.88. The van der Waals surface area contributed by atoms with Crippen molar-refractivity contribution < 1.29 is 22.7 Å². The van der Waals surface area contributed by atoms with Crippen LogP contribution in [0.15, 0.2) is 60.7 Å². The third-order valence-electron chi connectivity index (χ3n) is 5.39. The third kappa shape index (κ3) is 6.99. The van der Waals surface area contributed by atoms with Crippen molar-refractivity contribution in [2.75, 3.05) is 23.4 Å². The standard InChI is InChI=1S/C27H32N2O5S/c1-18-12-13-20(14-24(18)34-17-19-10-8-7-9-11-19)26(30)28-22-15-21(27(2,3)4)16-23(25(22)33-5)29-35(6,31)32/h7-16,29H,17H2,1-6H3,(H,28,30). The second kappa shape index (κ2) is 10.4. The summed E-state index contributed by atoms with van der Waals surface area (Å²) in [6.45, 7) is 8.30. The highest BCUT2D eigenvalue weighted by molar-refractivity contribution is 7.92. The van der Waals surface area contributed by atoms with Gasteiger partial charge in [0.2, 0.25) is 10.0 Å². The molecule has 0 heterocycles. The number of carbonyl (C=O) groups excluding carboxylic acids is 1. The zero-order chi connectivity index (χ0) is 25.8. The fourth-order valence-electron chi connectivity index (χ4n) is 3.48. The van der Waals surface area contributed by atoms with Gasteiger partial charge in [0, 0.05) is 5.56 Å². The number of ether oxygens (including phenoxy) is 2. The number of methoxy groups -OCH3 is 1. The van der Waals surface area contributed by atoms with E-state index in [4.69, 9.17) is 9.47 Å². The molecule has 0 saturated heterocycles. The topological polar surface area (TPSA) is 93.7 Å². The molecule has 186 valence electrons. The van der Waals surface area contributed by atoms with Gasteiger partial charge in [-0.1, -0.05) is 57.2 Å². The smallest absolute Gasteiger partial charge is 0.255 e. The number of carbonyl (C=O) groups is 1. The normalized spacial score (nSPS) is 11.6. The highest BCUT2D eigenvalue weighted by atomic mass is 32.2. The molecule has 0 saturated carbocycles. The Hall–Kier alpha value is -3.52. The van der Waals surface area contributed by atoms with Crippen molar-refractivity contribution in [1.29, 1.82) is 0 Å². The van der Waals surface area contributed by atoms with Gasteiger partial charge in [-0.3, -0.25) is 9.52 Å². The van der Waals surface area contributed by atoms with E-state index in [1.54, 1.807) is 24.3 Å². The Bertz CT molecular complexity index is 1310. The first-order valence-electron chi connectivity index (χ1n) is 11.2. The molecule has 3 aromatic rings. The Balaban J connectivity index is 1.93. The zero-order valence-corrected chi connectivity index (χ0v) is 21.7. The summed E-state index contributed by atoms with van der Waals surface area (Å²) in [7, 11) is -2.14. The molecule has 0 aliphatic heterocycles. The lowest BCUT2D eigenvalue weighted by Crippen LogP contribution is -2.18. The van der Waals surface area contributed by atoms with Crippen LogP contribution >= 0.6 is 0 Å². The second-order valence-electron chi connectivity index (χ2n) is 9.44. The molecule has 0 fully saturated rings. The molecular weight excluding hydrogens is 464 g/mol. The number of benzene rings is 3. The maximum atomic E-state index is 13.2. The molecule has 0 atom stereocenters. The minimum absolute atomic E-state index is 0.226.